The maximum absolute atomic E-state index is 12.4. The molecule has 2 aromatic carbocycles. The van der Waals surface area contributed by atoms with Crippen molar-refractivity contribution in [3.63, 3.8) is 0 Å². The molecular formula is C18H21BrN2O4. The lowest BCUT2D eigenvalue weighted by atomic mass is 9.99. The molecule has 134 valence electrons. The van der Waals surface area contributed by atoms with Crippen LogP contribution in [0, 0.1) is 0 Å². The van der Waals surface area contributed by atoms with Crippen LogP contribution in [0.3, 0.4) is 0 Å². The third-order valence-electron chi connectivity index (χ3n) is 4.08. The topological polar surface area (TPSA) is 92.9 Å². The van der Waals surface area contributed by atoms with E-state index in [-0.39, 0.29) is 17.7 Å². The highest BCUT2D eigenvalue weighted by molar-refractivity contribution is 9.10. The van der Waals surface area contributed by atoms with Crippen molar-refractivity contribution in [3.8, 4) is 5.75 Å². The second-order valence-corrected chi connectivity index (χ2v) is 6.46. The summed E-state index contributed by atoms with van der Waals surface area (Å²) in [6.07, 6.45) is 0. The Balaban J connectivity index is 2.35. The number of ether oxygens (including phenoxy) is 1. The number of aromatic hydroxyl groups is 1. The first-order valence-corrected chi connectivity index (χ1v) is 8.82. The molecule has 0 radical (unpaired) electrons. The highest BCUT2D eigenvalue weighted by atomic mass is 79.9. The van der Waals surface area contributed by atoms with Gasteiger partial charge in [0.2, 0.25) is 0 Å². The fourth-order valence-corrected chi connectivity index (χ4v) is 3.04. The SMILES string of the molecule is CCN(CC)CCOC(=O)c1cc2cc(Br)ccc2c(C(N)=O)c1O. The van der Waals surface area contributed by atoms with E-state index in [9.17, 15) is 14.7 Å². The van der Waals surface area contributed by atoms with E-state index in [2.05, 4.69) is 20.8 Å². The molecule has 0 bridgehead atoms. The van der Waals surface area contributed by atoms with Crippen LogP contribution in [0.2, 0.25) is 0 Å². The van der Waals surface area contributed by atoms with Gasteiger partial charge in [0.1, 0.15) is 17.9 Å². The first-order valence-electron chi connectivity index (χ1n) is 8.03. The predicted octanol–water partition coefficient (Wildman–Crippen LogP) is 2.91. The Hall–Kier alpha value is -2.12. The molecule has 0 saturated carbocycles. The second kappa shape index (κ2) is 8.31. The van der Waals surface area contributed by atoms with Crippen LogP contribution in [0.4, 0.5) is 0 Å². The van der Waals surface area contributed by atoms with Crippen molar-refractivity contribution in [2.75, 3.05) is 26.2 Å². The molecule has 0 aromatic heterocycles. The quantitative estimate of drug-likeness (QED) is 0.686. The van der Waals surface area contributed by atoms with Gasteiger partial charge in [-0.3, -0.25) is 4.79 Å². The van der Waals surface area contributed by atoms with Gasteiger partial charge in [0.05, 0.1) is 5.56 Å². The first-order chi connectivity index (χ1) is 11.9. The predicted molar refractivity (Wildman–Crippen MR) is 99.9 cm³/mol. The molecule has 0 aliphatic carbocycles. The number of phenols is 1. The van der Waals surface area contributed by atoms with Crippen LogP contribution < -0.4 is 5.73 Å². The van der Waals surface area contributed by atoms with Gasteiger partial charge in [-0.25, -0.2) is 4.79 Å². The number of esters is 1. The number of halogens is 1. The van der Waals surface area contributed by atoms with Crippen LogP contribution in [0.15, 0.2) is 28.7 Å². The largest absolute Gasteiger partial charge is 0.506 e. The van der Waals surface area contributed by atoms with Gasteiger partial charge < -0.3 is 20.5 Å². The molecular weight excluding hydrogens is 388 g/mol. The van der Waals surface area contributed by atoms with E-state index in [4.69, 9.17) is 10.5 Å². The third kappa shape index (κ3) is 4.29. The third-order valence-corrected chi connectivity index (χ3v) is 4.57. The van der Waals surface area contributed by atoms with E-state index in [1.807, 2.05) is 13.8 Å². The first kappa shape index (κ1) is 19.2. The molecule has 25 heavy (non-hydrogen) atoms. The molecule has 0 aliphatic rings. The zero-order valence-electron chi connectivity index (χ0n) is 14.2. The van der Waals surface area contributed by atoms with Crippen LogP contribution in [0.25, 0.3) is 10.8 Å². The number of likely N-dealkylation sites (N-methyl/N-ethyl adjacent to an activating group) is 1. The molecule has 7 heteroatoms. The minimum atomic E-state index is -0.803. The highest BCUT2D eigenvalue weighted by Gasteiger charge is 2.22. The Labute approximate surface area is 154 Å². The van der Waals surface area contributed by atoms with E-state index < -0.39 is 17.6 Å². The molecule has 0 heterocycles. The lowest BCUT2D eigenvalue weighted by Crippen LogP contribution is -2.28. The van der Waals surface area contributed by atoms with E-state index in [0.29, 0.717) is 17.3 Å². The van der Waals surface area contributed by atoms with Crippen LogP contribution in [0.1, 0.15) is 34.6 Å². The number of nitrogens with two attached hydrogens (primary N) is 1. The Morgan fingerprint density at radius 2 is 1.92 bits per heavy atom. The van der Waals surface area contributed by atoms with Gasteiger partial charge in [0.15, 0.2) is 0 Å². The van der Waals surface area contributed by atoms with Crippen LogP contribution in [0.5, 0.6) is 5.75 Å². The van der Waals surface area contributed by atoms with Crippen molar-refractivity contribution in [2.45, 2.75) is 13.8 Å². The van der Waals surface area contributed by atoms with Crippen LogP contribution >= 0.6 is 15.9 Å². The molecule has 2 rings (SSSR count). The molecule has 0 aliphatic heterocycles. The number of nitrogens with zero attached hydrogens (tertiary/aromatic N) is 1. The van der Waals surface area contributed by atoms with Gasteiger partial charge in [0, 0.05) is 11.0 Å². The van der Waals surface area contributed by atoms with Crippen LogP contribution in [-0.2, 0) is 4.74 Å². The Bertz CT molecular complexity index is 803. The summed E-state index contributed by atoms with van der Waals surface area (Å²) in [5.41, 5.74) is 5.24. The fraction of sp³-hybridized carbons (Fsp3) is 0.333. The zero-order valence-corrected chi connectivity index (χ0v) is 15.8. The number of carbonyl (C=O) groups excluding carboxylic acids is 2. The van der Waals surface area contributed by atoms with Crippen molar-refractivity contribution in [3.05, 3.63) is 39.9 Å². The smallest absolute Gasteiger partial charge is 0.342 e. The molecule has 0 atom stereocenters. The van der Waals surface area contributed by atoms with E-state index in [1.54, 1.807) is 18.2 Å². The summed E-state index contributed by atoms with van der Waals surface area (Å²) in [4.78, 5) is 26.2. The molecule has 0 saturated heterocycles. The lowest BCUT2D eigenvalue weighted by molar-refractivity contribution is 0.0463. The summed E-state index contributed by atoms with van der Waals surface area (Å²) in [7, 11) is 0. The standard InChI is InChI=1S/C18H21BrN2O4/c1-3-21(4-2)7-8-25-18(24)14-10-11-9-12(19)5-6-13(11)15(16(14)22)17(20)23/h5-6,9-10,22H,3-4,7-8H2,1-2H3,(H2,20,23). The normalized spacial score (nSPS) is 11.0. The van der Waals surface area contributed by atoms with Gasteiger partial charge in [-0.05, 0) is 42.1 Å². The summed E-state index contributed by atoms with van der Waals surface area (Å²) in [6.45, 7) is 6.56. The molecule has 0 unspecified atom stereocenters. The van der Waals surface area contributed by atoms with E-state index in [1.165, 1.54) is 6.07 Å². The summed E-state index contributed by atoms with van der Waals surface area (Å²) in [6, 6.07) is 6.64. The zero-order chi connectivity index (χ0) is 18.6. The van der Waals surface area contributed by atoms with Crippen molar-refractivity contribution in [2.24, 2.45) is 5.73 Å². The van der Waals surface area contributed by atoms with Crippen molar-refractivity contribution in [1.29, 1.82) is 0 Å². The molecule has 3 N–H and O–H groups in total. The Kier molecular flexibility index (Phi) is 6.39. The fourth-order valence-electron chi connectivity index (χ4n) is 2.66. The molecule has 0 spiro atoms. The minimum Gasteiger partial charge on any atom is -0.506 e. The number of rotatable bonds is 7. The van der Waals surface area contributed by atoms with Gasteiger partial charge in [-0.15, -0.1) is 0 Å². The number of fused-ring (bicyclic) bond motifs is 1. The van der Waals surface area contributed by atoms with Crippen LogP contribution in [-0.4, -0.2) is 48.1 Å². The number of amides is 1. The van der Waals surface area contributed by atoms with Gasteiger partial charge >= 0.3 is 5.97 Å². The molecule has 2 aromatic rings. The molecule has 0 fully saturated rings. The van der Waals surface area contributed by atoms with E-state index in [0.717, 1.165) is 17.6 Å². The van der Waals surface area contributed by atoms with Crippen molar-refractivity contribution in [1.82, 2.24) is 4.90 Å². The minimum absolute atomic E-state index is 0.0704. The summed E-state index contributed by atoms with van der Waals surface area (Å²) in [5, 5.41) is 11.5. The van der Waals surface area contributed by atoms with Crippen molar-refractivity contribution < 1.29 is 19.4 Å². The Morgan fingerprint density at radius 3 is 2.52 bits per heavy atom. The summed E-state index contributed by atoms with van der Waals surface area (Å²) >= 11 is 3.35. The van der Waals surface area contributed by atoms with E-state index >= 15 is 0 Å². The van der Waals surface area contributed by atoms with Crippen molar-refractivity contribution >= 4 is 38.6 Å². The highest BCUT2D eigenvalue weighted by Crippen LogP contribution is 2.33. The molecule has 1 amide bonds. The molecule has 6 nitrogen and oxygen atoms in total. The second-order valence-electron chi connectivity index (χ2n) is 5.54. The maximum atomic E-state index is 12.4. The monoisotopic (exact) mass is 408 g/mol. The summed E-state index contributed by atoms with van der Waals surface area (Å²) in [5.74, 6) is -1.94. The average Bonchev–Trinajstić information content (AvgIpc) is 2.57. The lowest BCUT2D eigenvalue weighted by Gasteiger charge is -2.18. The van der Waals surface area contributed by atoms with Gasteiger partial charge in [-0.1, -0.05) is 35.8 Å². The van der Waals surface area contributed by atoms with Gasteiger partial charge in [0.25, 0.3) is 5.91 Å². The van der Waals surface area contributed by atoms with Gasteiger partial charge in [-0.2, -0.15) is 0 Å². The number of hydrogen-bond donors (Lipinski definition) is 2. The Morgan fingerprint density at radius 1 is 1.24 bits per heavy atom. The number of carbonyl (C=O) groups is 2. The maximum Gasteiger partial charge on any atom is 0.342 e. The average molecular weight is 409 g/mol. The number of hydrogen-bond acceptors (Lipinski definition) is 5. The number of primary amides is 1. The number of benzene rings is 2. The summed E-state index contributed by atoms with van der Waals surface area (Å²) < 4.78 is 6.03.